The first-order valence-corrected chi connectivity index (χ1v) is 8.67. The number of esters is 2. The number of rotatable bonds is 9. The molecule has 0 aliphatic carbocycles. The minimum absolute atomic E-state index is 0.172. The summed E-state index contributed by atoms with van der Waals surface area (Å²) in [7, 11) is 0. The molecule has 0 saturated carbocycles. The molecule has 1 aromatic carbocycles. The molecule has 2 unspecified atom stereocenters. The molecule has 1 rings (SSSR count). The lowest BCUT2D eigenvalue weighted by molar-refractivity contribution is -0.161. The third-order valence-electron chi connectivity index (χ3n) is 4.14. The van der Waals surface area contributed by atoms with E-state index in [0.717, 1.165) is 5.56 Å². The molecule has 0 spiro atoms. The Morgan fingerprint density at radius 1 is 1.00 bits per heavy atom. The van der Waals surface area contributed by atoms with Gasteiger partial charge in [0.1, 0.15) is 6.61 Å². The number of benzene rings is 1. The van der Waals surface area contributed by atoms with Gasteiger partial charge in [-0.15, -0.1) is 0 Å². The van der Waals surface area contributed by atoms with Gasteiger partial charge in [0.05, 0.1) is 0 Å². The average Bonchev–Trinajstić information content (AvgIpc) is 2.62. The normalized spacial score (nSPS) is 13.0. The Balaban J connectivity index is 3.31. The van der Waals surface area contributed by atoms with Gasteiger partial charge in [-0.25, -0.2) is 14.4 Å². The van der Waals surface area contributed by atoms with Crippen LogP contribution in [0.3, 0.4) is 0 Å². The van der Waals surface area contributed by atoms with E-state index >= 15 is 0 Å². The van der Waals surface area contributed by atoms with E-state index in [2.05, 4.69) is 13.2 Å². The summed E-state index contributed by atoms with van der Waals surface area (Å²) in [6.07, 6.45) is -3.24. The topological polar surface area (TPSA) is 105 Å². The van der Waals surface area contributed by atoms with E-state index in [-0.39, 0.29) is 17.8 Å². The van der Waals surface area contributed by atoms with Crippen molar-refractivity contribution >= 4 is 18.0 Å². The summed E-state index contributed by atoms with van der Waals surface area (Å²) in [4.78, 5) is 35.5. The van der Waals surface area contributed by atoms with Crippen LogP contribution in [0.4, 0.5) is 4.79 Å². The van der Waals surface area contributed by atoms with Gasteiger partial charge in [0, 0.05) is 16.6 Å². The molecule has 7 nitrogen and oxygen atoms in total. The zero-order chi connectivity index (χ0) is 21.5. The summed E-state index contributed by atoms with van der Waals surface area (Å²) in [6, 6.07) is 9.21. The third-order valence-corrected chi connectivity index (χ3v) is 4.14. The van der Waals surface area contributed by atoms with Crippen molar-refractivity contribution in [1.82, 2.24) is 0 Å². The molecule has 0 fully saturated rings. The summed E-state index contributed by atoms with van der Waals surface area (Å²) < 4.78 is 15.9. The highest BCUT2D eigenvalue weighted by atomic mass is 16.6. The van der Waals surface area contributed by atoms with E-state index in [9.17, 15) is 14.4 Å². The molecule has 0 aliphatic rings. The second kappa shape index (κ2) is 9.73. The Morgan fingerprint density at radius 2 is 1.54 bits per heavy atom. The van der Waals surface area contributed by atoms with Crippen LogP contribution in [-0.2, 0) is 29.2 Å². The lowest BCUT2D eigenvalue weighted by Crippen LogP contribution is -2.50. The first-order valence-electron chi connectivity index (χ1n) is 8.67. The molecule has 0 aromatic heterocycles. The van der Waals surface area contributed by atoms with Crippen LogP contribution in [0.1, 0.15) is 33.3 Å². The Morgan fingerprint density at radius 3 is 2.00 bits per heavy atom. The minimum atomic E-state index is -1.14. The molecule has 7 heteroatoms. The number of hydrogen-bond donors (Lipinski definition) is 1. The van der Waals surface area contributed by atoms with Crippen LogP contribution < -0.4 is 5.73 Å². The Kier molecular flexibility index (Phi) is 7.98. The Bertz CT molecular complexity index is 753. The van der Waals surface area contributed by atoms with Crippen LogP contribution in [-0.4, -0.2) is 36.8 Å². The first-order chi connectivity index (χ1) is 13.0. The first kappa shape index (κ1) is 23.0. The van der Waals surface area contributed by atoms with Gasteiger partial charge in [-0.2, -0.15) is 0 Å². The molecular weight excluding hydrogens is 362 g/mol. The number of amides is 1. The fraction of sp³-hybridized carbons (Fsp3) is 0.381. The van der Waals surface area contributed by atoms with E-state index in [1.807, 2.05) is 44.2 Å². The maximum absolute atomic E-state index is 12.3. The molecule has 2 atom stereocenters. The average molecular weight is 389 g/mol. The molecule has 1 aromatic rings. The van der Waals surface area contributed by atoms with Crippen LogP contribution >= 0.6 is 0 Å². The number of primary amides is 1. The number of carbonyl (C=O) groups excluding carboxylic acids is 3. The lowest BCUT2D eigenvalue weighted by atomic mass is 9.77. The van der Waals surface area contributed by atoms with E-state index in [4.69, 9.17) is 19.9 Å². The molecular formula is C21H27NO6. The number of ether oxygens (including phenoxy) is 3. The highest BCUT2D eigenvalue weighted by molar-refractivity contribution is 5.87. The molecule has 2 N–H and O–H groups in total. The number of hydrogen-bond acceptors (Lipinski definition) is 6. The monoisotopic (exact) mass is 389 g/mol. The molecule has 0 saturated heterocycles. The van der Waals surface area contributed by atoms with E-state index in [1.54, 1.807) is 0 Å². The van der Waals surface area contributed by atoms with Crippen LogP contribution in [0.25, 0.3) is 0 Å². The third kappa shape index (κ3) is 6.26. The second-order valence-corrected chi connectivity index (χ2v) is 7.05. The van der Waals surface area contributed by atoms with Gasteiger partial charge in [0.25, 0.3) is 0 Å². The van der Waals surface area contributed by atoms with Gasteiger partial charge < -0.3 is 19.9 Å². The standard InChI is InChI=1S/C21H27NO6/c1-13(2)18(23)26-12-16(27-20(22)25)17(28-19(24)14(3)4)21(5,6)15-10-8-7-9-11-15/h7-11,16-17H,1,3,12H2,2,4-6H3,(H2,22,25). The largest absolute Gasteiger partial charge is 0.458 e. The molecule has 0 aliphatic heterocycles. The summed E-state index contributed by atoms with van der Waals surface area (Å²) >= 11 is 0. The van der Waals surface area contributed by atoms with Crippen LogP contribution in [0, 0.1) is 0 Å². The zero-order valence-electron chi connectivity index (χ0n) is 16.7. The zero-order valence-corrected chi connectivity index (χ0v) is 16.7. The van der Waals surface area contributed by atoms with Crippen molar-refractivity contribution in [2.45, 2.75) is 45.3 Å². The maximum Gasteiger partial charge on any atom is 0.405 e. The molecule has 0 radical (unpaired) electrons. The van der Waals surface area contributed by atoms with Gasteiger partial charge >= 0.3 is 18.0 Å². The van der Waals surface area contributed by atoms with Gasteiger partial charge in [0.2, 0.25) is 0 Å². The second-order valence-electron chi connectivity index (χ2n) is 7.05. The molecule has 152 valence electrons. The molecule has 28 heavy (non-hydrogen) atoms. The Labute approximate surface area is 165 Å². The predicted molar refractivity (Wildman–Crippen MR) is 104 cm³/mol. The predicted octanol–water partition coefficient (Wildman–Crippen LogP) is 3.04. The van der Waals surface area contributed by atoms with Gasteiger partial charge in [0.15, 0.2) is 12.2 Å². The van der Waals surface area contributed by atoms with Gasteiger partial charge in [-0.3, -0.25) is 0 Å². The molecule has 0 heterocycles. The minimum Gasteiger partial charge on any atom is -0.458 e. The van der Waals surface area contributed by atoms with E-state index < -0.39 is 35.7 Å². The maximum atomic E-state index is 12.3. The van der Waals surface area contributed by atoms with Crippen molar-refractivity contribution in [3.63, 3.8) is 0 Å². The smallest absolute Gasteiger partial charge is 0.405 e. The Hall–Kier alpha value is -3.09. The SMILES string of the molecule is C=C(C)C(=O)OCC(OC(N)=O)C(OC(=O)C(=C)C)C(C)(C)c1ccccc1. The van der Waals surface area contributed by atoms with Gasteiger partial charge in [-0.1, -0.05) is 57.3 Å². The highest BCUT2D eigenvalue weighted by Crippen LogP contribution is 2.33. The molecule has 1 amide bonds. The van der Waals surface area contributed by atoms with Crippen molar-refractivity contribution in [2.75, 3.05) is 6.61 Å². The fourth-order valence-corrected chi connectivity index (χ4v) is 2.55. The quantitative estimate of drug-likeness (QED) is 0.395. The van der Waals surface area contributed by atoms with Crippen molar-refractivity contribution in [3.05, 3.63) is 60.2 Å². The summed E-state index contributed by atoms with van der Waals surface area (Å²) in [5.41, 5.74) is 5.54. The number of carbonyl (C=O) groups is 3. The lowest BCUT2D eigenvalue weighted by Gasteiger charge is -2.38. The van der Waals surface area contributed by atoms with Crippen LogP contribution in [0.2, 0.25) is 0 Å². The van der Waals surface area contributed by atoms with Crippen molar-refractivity contribution in [2.24, 2.45) is 5.73 Å². The van der Waals surface area contributed by atoms with Crippen LogP contribution in [0.5, 0.6) is 0 Å². The number of nitrogens with two attached hydrogens (primary N) is 1. The van der Waals surface area contributed by atoms with Crippen LogP contribution in [0.15, 0.2) is 54.6 Å². The van der Waals surface area contributed by atoms with Crippen molar-refractivity contribution in [3.8, 4) is 0 Å². The van der Waals surface area contributed by atoms with E-state index in [1.165, 1.54) is 13.8 Å². The van der Waals surface area contributed by atoms with E-state index in [0.29, 0.717) is 0 Å². The van der Waals surface area contributed by atoms with Gasteiger partial charge in [-0.05, 0) is 19.4 Å². The summed E-state index contributed by atoms with van der Waals surface area (Å²) in [5.74, 6) is -1.33. The summed E-state index contributed by atoms with van der Waals surface area (Å²) in [5, 5.41) is 0. The fourth-order valence-electron chi connectivity index (χ4n) is 2.55. The molecule has 0 bridgehead atoms. The van der Waals surface area contributed by atoms with Crippen molar-refractivity contribution < 1.29 is 28.6 Å². The van der Waals surface area contributed by atoms with Crippen molar-refractivity contribution in [1.29, 1.82) is 0 Å². The highest BCUT2D eigenvalue weighted by Gasteiger charge is 2.43. The summed E-state index contributed by atoms with van der Waals surface area (Å²) in [6.45, 7) is 13.3.